The summed E-state index contributed by atoms with van der Waals surface area (Å²) in [5.74, 6) is -0.706. The minimum absolute atomic E-state index is 0.0843. The number of nitrogens with one attached hydrogen (secondary N) is 3. The molecule has 0 saturated heterocycles. The van der Waals surface area contributed by atoms with Crippen molar-refractivity contribution in [1.29, 1.82) is 0 Å². The smallest absolute Gasteiger partial charge is 0.252 e. The van der Waals surface area contributed by atoms with Gasteiger partial charge < -0.3 is 25.8 Å². The molecule has 3 atom stereocenters. The van der Waals surface area contributed by atoms with E-state index in [-0.39, 0.29) is 18.4 Å². The Balaban J connectivity index is 1.75. The van der Waals surface area contributed by atoms with Crippen LogP contribution in [0.3, 0.4) is 0 Å². The number of carbonyl (C=O) groups excluding carboxylic acids is 3. The van der Waals surface area contributed by atoms with E-state index in [9.17, 15) is 19.5 Å². The molecule has 0 heterocycles. The molecule has 1 fully saturated rings. The molecule has 2 unspecified atom stereocenters. The van der Waals surface area contributed by atoms with Crippen LogP contribution in [0.4, 0.5) is 0 Å². The van der Waals surface area contributed by atoms with Crippen molar-refractivity contribution in [2.24, 2.45) is 5.92 Å². The third-order valence-electron chi connectivity index (χ3n) is 5.86. The third kappa shape index (κ3) is 8.10. The van der Waals surface area contributed by atoms with Crippen LogP contribution in [0.15, 0.2) is 54.6 Å². The maximum atomic E-state index is 13.3. The first kappa shape index (κ1) is 26.2. The lowest BCUT2D eigenvalue weighted by molar-refractivity contribution is -0.132. The number of aliphatic hydroxyl groups is 1. The summed E-state index contributed by atoms with van der Waals surface area (Å²) in [6, 6.07) is 14.4. The molecule has 1 aliphatic rings. The molecule has 1 aliphatic carbocycles. The number of ether oxygens (including phenoxy) is 1. The predicted molar refractivity (Wildman–Crippen MR) is 133 cm³/mol. The molecule has 1 saturated carbocycles. The van der Waals surface area contributed by atoms with Crippen molar-refractivity contribution in [3.63, 3.8) is 0 Å². The lowest BCUT2D eigenvalue weighted by atomic mass is 9.98. The van der Waals surface area contributed by atoms with Crippen LogP contribution in [0.5, 0.6) is 5.75 Å². The topological polar surface area (TPSA) is 117 Å². The maximum absolute atomic E-state index is 13.3. The van der Waals surface area contributed by atoms with E-state index in [1.54, 1.807) is 24.3 Å². The second-order valence-electron chi connectivity index (χ2n) is 9.42. The van der Waals surface area contributed by atoms with Crippen LogP contribution in [0, 0.1) is 5.92 Å². The Labute approximate surface area is 206 Å². The van der Waals surface area contributed by atoms with Crippen molar-refractivity contribution < 1.29 is 24.2 Å². The summed E-state index contributed by atoms with van der Waals surface area (Å²) >= 11 is 0. The van der Waals surface area contributed by atoms with Gasteiger partial charge in [-0.1, -0.05) is 50.2 Å². The number of aliphatic hydroxyl groups excluding tert-OH is 1. The van der Waals surface area contributed by atoms with Crippen molar-refractivity contribution in [2.45, 2.75) is 63.8 Å². The Bertz CT molecular complexity index is 1010. The van der Waals surface area contributed by atoms with E-state index in [0.29, 0.717) is 17.7 Å². The zero-order valence-corrected chi connectivity index (χ0v) is 20.5. The first-order chi connectivity index (χ1) is 16.8. The van der Waals surface area contributed by atoms with Gasteiger partial charge in [0.05, 0.1) is 13.2 Å². The highest BCUT2D eigenvalue weighted by Gasteiger charge is 2.34. The third-order valence-corrected chi connectivity index (χ3v) is 5.86. The molecule has 8 heteroatoms. The highest BCUT2D eigenvalue weighted by atomic mass is 16.5. The largest absolute Gasteiger partial charge is 0.497 e. The summed E-state index contributed by atoms with van der Waals surface area (Å²) in [4.78, 5) is 38.8. The number of hydrogen-bond acceptors (Lipinski definition) is 5. The Morgan fingerprint density at radius 2 is 1.71 bits per heavy atom. The van der Waals surface area contributed by atoms with Crippen LogP contribution >= 0.6 is 0 Å². The second kappa shape index (κ2) is 12.4. The Hall–Kier alpha value is -3.39. The molecular formula is C27H35N3O5. The van der Waals surface area contributed by atoms with Crippen molar-refractivity contribution in [3.8, 4) is 5.75 Å². The summed E-state index contributed by atoms with van der Waals surface area (Å²) in [5, 5.41) is 19.3. The average molecular weight is 482 g/mol. The molecule has 0 radical (unpaired) electrons. The monoisotopic (exact) mass is 481 g/mol. The van der Waals surface area contributed by atoms with Gasteiger partial charge in [0.2, 0.25) is 5.91 Å². The van der Waals surface area contributed by atoms with Gasteiger partial charge in [0.15, 0.2) is 6.10 Å². The average Bonchev–Trinajstić information content (AvgIpc) is 3.67. The number of benzene rings is 2. The first-order valence-corrected chi connectivity index (χ1v) is 12.0. The molecule has 3 rings (SSSR count). The first-order valence-electron chi connectivity index (χ1n) is 12.0. The molecule has 0 bridgehead atoms. The summed E-state index contributed by atoms with van der Waals surface area (Å²) < 4.78 is 5.19. The van der Waals surface area contributed by atoms with Gasteiger partial charge in [-0.3, -0.25) is 14.4 Å². The van der Waals surface area contributed by atoms with Gasteiger partial charge in [-0.15, -0.1) is 0 Å². The van der Waals surface area contributed by atoms with E-state index < -0.39 is 35.9 Å². The Kier molecular flexibility index (Phi) is 9.25. The number of rotatable bonds is 12. The van der Waals surface area contributed by atoms with Crippen LogP contribution in [-0.4, -0.2) is 54.2 Å². The van der Waals surface area contributed by atoms with E-state index in [1.165, 1.54) is 7.11 Å². The van der Waals surface area contributed by atoms with Crippen LogP contribution < -0.4 is 20.7 Å². The minimum Gasteiger partial charge on any atom is -0.497 e. The van der Waals surface area contributed by atoms with Crippen molar-refractivity contribution in [3.05, 3.63) is 65.7 Å². The molecule has 188 valence electrons. The molecule has 35 heavy (non-hydrogen) atoms. The maximum Gasteiger partial charge on any atom is 0.252 e. The second-order valence-corrected chi connectivity index (χ2v) is 9.42. The standard InChI is InChI=1S/C27H35N3O5/c1-17(2)14-23(30-25(32)19-10-7-11-21(16-19)35-3)26(33)29-22(15-18-8-5-4-6-9-18)24(31)27(34)28-20-12-13-20/h4-11,16-17,20,22-24,31H,12-15H2,1-3H3,(H,28,34)(H,29,33)(H,30,32)/t22?,23-,24?/m0/s1. The highest BCUT2D eigenvalue weighted by molar-refractivity contribution is 5.98. The molecule has 0 aliphatic heterocycles. The van der Waals surface area contributed by atoms with Crippen molar-refractivity contribution in [1.82, 2.24) is 16.0 Å². The lowest BCUT2D eigenvalue weighted by Crippen LogP contribution is -2.56. The zero-order valence-electron chi connectivity index (χ0n) is 20.5. The quantitative estimate of drug-likeness (QED) is 0.371. The number of methoxy groups -OCH3 is 1. The predicted octanol–water partition coefficient (Wildman–Crippen LogP) is 2.21. The highest BCUT2D eigenvalue weighted by Crippen LogP contribution is 2.19. The summed E-state index contributed by atoms with van der Waals surface area (Å²) in [7, 11) is 1.52. The normalized spacial score (nSPS) is 15.6. The van der Waals surface area contributed by atoms with Gasteiger partial charge in [-0.2, -0.15) is 0 Å². The molecular weight excluding hydrogens is 446 g/mol. The SMILES string of the molecule is COc1cccc(C(=O)N[C@@H](CC(C)C)C(=O)NC(Cc2ccccc2)C(O)C(=O)NC2CC2)c1. The van der Waals surface area contributed by atoms with Crippen LogP contribution in [-0.2, 0) is 16.0 Å². The van der Waals surface area contributed by atoms with Crippen molar-refractivity contribution in [2.75, 3.05) is 7.11 Å². The number of amides is 3. The van der Waals surface area contributed by atoms with E-state index in [0.717, 1.165) is 18.4 Å². The van der Waals surface area contributed by atoms with Gasteiger partial charge >= 0.3 is 0 Å². The molecule has 0 aromatic heterocycles. The van der Waals surface area contributed by atoms with Gasteiger partial charge in [-0.25, -0.2) is 0 Å². The van der Waals surface area contributed by atoms with Crippen LogP contribution in [0.2, 0.25) is 0 Å². The van der Waals surface area contributed by atoms with Gasteiger partial charge in [-0.05, 0) is 55.4 Å². The molecule has 0 spiro atoms. The van der Waals surface area contributed by atoms with E-state index in [4.69, 9.17) is 4.74 Å². The zero-order chi connectivity index (χ0) is 25.4. The Morgan fingerprint density at radius 1 is 1.00 bits per heavy atom. The van der Waals surface area contributed by atoms with Crippen molar-refractivity contribution >= 4 is 17.7 Å². The van der Waals surface area contributed by atoms with E-state index in [1.807, 2.05) is 44.2 Å². The van der Waals surface area contributed by atoms with Gasteiger partial charge in [0.1, 0.15) is 11.8 Å². The van der Waals surface area contributed by atoms with Gasteiger partial charge in [0.25, 0.3) is 11.8 Å². The molecule has 2 aromatic rings. The van der Waals surface area contributed by atoms with Crippen LogP contribution in [0.25, 0.3) is 0 Å². The van der Waals surface area contributed by atoms with Gasteiger partial charge in [0, 0.05) is 11.6 Å². The van der Waals surface area contributed by atoms with Crippen LogP contribution in [0.1, 0.15) is 49.0 Å². The number of carbonyl (C=O) groups is 3. The Morgan fingerprint density at radius 3 is 2.34 bits per heavy atom. The molecule has 8 nitrogen and oxygen atoms in total. The van der Waals surface area contributed by atoms with E-state index in [2.05, 4.69) is 16.0 Å². The number of hydrogen-bond donors (Lipinski definition) is 4. The fraction of sp³-hybridized carbons (Fsp3) is 0.444. The summed E-state index contributed by atoms with van der Waals surface area (Å²) in [6.07, 6.45) is 1.02. The fourth-order valence-corrected chi connectivity index (χ4v) is 3.80. The fourth-order valence-electron chi connectivity index (χ4n) is 3.80. The summed E-state index contributed by atoms with van der Waals surface area (Å²) in [5.41, 5.74) is 1.24. The lowest BCUT2D eigenvalue weighted by Gasteiger charge is -2.27. The molecule has 2 aromatic carbocycles. The molecule has 3 amide bonds. The summed E-state index contributed by atoms with van der Waals surface area (Å²) in [6.45, 7) is 3.91. The van der Waals surface area contributed by atoms with E-state index >= 15 is 0 Å². The molecule has 4 N–H and O–H groups in total. The minimum atomic E-state index is -1.42.